The molecule has 3 rings (SSSR count). The molecule has 1 aromatic carbocycles. The number of Topliss-reactive ketones (excluding diaryl/α,β-unsaturated/α-hetero) is 1. The number of hydrogen-bond acceptors (Lipinski definition) is 7. The van der Waals surface area contributed by atoms with Crippen molar-refractivity contribution < 1.29 is 28.3 Å². The van der Waals surface area contributed by atoms with Crippen LogP contribution in [0, 0.1) is 0 Å². The third-order valence-corrected chi connectivity index (χ3v) is 4.85. The average Bonchev–Trinajstić information content (AvgIpc) is 3.23. The van der Waals surface area contributed by atoms with Crippen LogP contribution in [0.15, 0.2) is 45.7 Å². The quantitative estimate of drug-likeness (QED) is 0.415. The first kappa shape index (κ1) is 19.6. The summed E-state index contributed by atoms with van der Waals surface area (Å²) in [4.78, 5) is 48.3. The van der Waals surface area contributed by atoms with Gasteiger partial charge in [-0.1, -0.05) is 24.3 Å². The maximum Gasteiger partial charge on any atom is 0.326 e. The molecule has 0 N–H and O–H groups in total. The Labute approximate surface area is 165 Å². The third kappa shape index (κ3) is 4.23. The molecule has 1 aliphatic heterocycles. The molecule has 1 aromatic heterocycles. The van der Waals surface area contributed by atoms with Gasteiger partial charge in [-0.15, -0.1) is 0 Å². The Morgan fingerprint density at radius 3 is 2.50 bits per heavy atom. The number of benzene rings is 1. The average molecular weight is 399 g/mol. The van der Waals surface area contributed by atoms with Crippen LogP contribution in [0.3, 0.4) is 0 Å². The van der Waals surface area contributed by atoms with E-state index >= 15 is 0 Å². The number of carbonyl (C=O) groups excluding carboxylic acids is 4. The van der Waals surface area contributed by atoms with Crippen molar-refractivity contribution in [1.29, 1.82) is 0 Å². The molecule has 7 nitrogen and oxygen atoms in total. The third-order valence-electron chi connectivity index (χ3n) is 3.94. The standard InChI is InChI=1S/C20H17NO6S/c1-3-26-18(23)11-21-19(24)17(28-20(21)25)10-15-8-9-16(27-15)14-6-4-13(5-7-14)12(2)22/h4-10H,3,11H2,1-2H3. The van der Waals surface area contributed by atoms with Gasteiger partial charge in [0.2, 0.25) is 0 Å². The van der Waals surface area contributed by atoms with Crippen LogP contribution in [0.1, 0.15) is 30.0 Å². The highest BCUT2D eigenvalue weighted by molar-refractivity contribution is 8.18. The van der Waals surface area contributed by atoms with Gasteiger partial charge in [-0.05, 0) is 37.7 Å². The highest BCUT2D eigenvalue weighted by Gasteiger charge is 2.36. The first-order chi connectivity index (χ1) is 13.4. The second-order valence-corrected chi connectivity index (χ2v) is 6.90. The lowest BCUT2D eigenvalue weighted by Gasteiger charge is -2.10. The fourth-order valence-electron chi connectivity index (χ4n) is 2.56. The summed E-state index contributed by atoms with van der Waals surface area (Å²) >= 11 is 0.740. The Morgan fingerprint density at radius 1 is 1.14 bits per heavy atom. The van der Waals surface area contributed by atoms with Gasteiger partial charge in [0.1, 0.15) is 18.1 Å². The lowest BCUT2D eigenvalue weighted by molar-refractivity contribution is -0.145. The van der Waals surface area contributed by atoms with Crippen LogP contribution >= 0.6 is 11.8 Å². The van der Waals surface area contributed by atoms with Crippen molar-refractivity contribution in [3.05, 3.63) is 52.6 Å². The molecule has 2 heterocycles. The Hall–Kier alpha value is -3.13. The highest BCUT2D eigenvalue weighted by atomic mass is 32.2. The van der Waals surface area contributed by atoms with Crippen molar-refractivity contribution in [3.63, 3.8) is 0 Å². The minimum absolute atomic E-state index is 0.0229. The number of hydrogen-bond donors (Lipinski definition) is 0. The smallest absolute Gasteiger partial charge is 0.326 e. The van der Waals surface area contributed by atoms with Gasteiger partial charge in [0.15, 0.2) is 5.78 Å². The summed E-state index contributed by atoms with van der Waals surface area (Å²) in [5.41, 5.74) is 1.38. The van der Waals surface area contributed by atoms with Gasteiger partial charge in [-0.25, -0.2) is 0 Å². The van der Waals surface area contributed by atoms with Crippen LogP contribution in [-0.4, -0.2) is 41.0 Å². The molecule has 0 aliphatic carbocycles. The van der Waals surface area contributed by atoms with E-state index in [-0.39, 0.29) is 17.3 Å². The van der Waals surface area contributed by atoms with Gasteiger partial charge in [0, 0.05) is 17.2 Å². The van der Waals surface area contributed by atoms with Crippen molar-refractivity contribution in [1.82, 2.24) is 4.90 Å². The Bertz CT molecular complexity index is 973. The fourth-order valence-corrected chi connectivity index (χ4v) is 3.37. The Kier molecular flexibility index (Phi) is 5.79. The molecule has 2 amide bonds. The number of ether oxygens (including phenoxy) is 1. The summed E-state index contributed by atoms with van der Waals surface area (Å²) in [5, 5.41) is -0.532. The van der Waals surface area contributed by atoms with E-state index in [1.54, 1.807) is 43.3 Å². The number of esters is 1. The van der Waals surface area contributed by atoms with Crippen molar-refractivity contribution in [2.75, 3.05) is 13.2 Å². The van der Waals surface area contributed by atoms with E-state index in [1.807, 2.05) is 0 Å². The maximum absolute atomic E-state index is 12.4. The molecule has 0 radical (unpaired) electrons. The number of carbonyl (C=O) groups is 4. The summed E-state index contributed by atoms with van der Waals surface area (Å²) in [6.07, 6.45) is 1.46. The maximum atomic E-state index is 12.4. The number of imide groups is 1. The zero-order valence-electron chi connectivity index (χ0n) is 15.3. The van der Waals surface area contributed by atoms with E-state index in [0.717, 1.165) is 22.2 Å². The number of nitrogens with zero attached hydrogens (tertiary/aromatic N) is 1. The van der Waals surface area contributed by atoms with Gasteiger partial charge < -0.3 is 9.15 Å². The minimum atomic E-state index is -0.639. The van der Waals surface area contributed by atoms with Crippen molar-refractivity contribution >= 4 is 40.7 Å². The molecular formula is C20H17NO6S. The number of furan rings is 1. The van der Waals surface area contributed by atoms with Crippen LogP contribution < -0.4 is 0 Å². The van der Waals surface area contributed by atoms with Crippen LogP contribution in [0.5, 0.6) is 0 Å². The molecule has 0 saturated carbocycles. The molecule has 1 fully saturated rings. The predicted octanol–water partition coefficient (Wildman–Crippen LogP) is 3.75. The second kappa shape index (κ2) is 8.26. The largest absolute Gasteiger partial charge is 0.465 e. The molecule has 2 aromatic rings. The lowest BCUT2D eigenvalue weighted by Crippen LogP contribution is -2.34. The van der Waals surface area contributed by atoms with E-state index in [0.29, 0.717) is 17.1 Å². The minimum Gasteiger partial charge on any atom is -0.465 e. The van der Waals surface area contributed by atoms with Crippen LogP contribution in [-0.2, 0) is 14.3 Å². The van der Waals surface area contributed by atoms with Crippen LogP contribution in [0.25, 0.3) is 17.4 Å². The summed E-state index contributed by atoms with van der Waals surface area (Å²) in [6, 6.07) is 10.4. The number of thioether (sulfide) groups is 1. The van der Waals surface area contributed by atoms with Gasteiger partial charge in [0.05, 0.1) is 11.5 Å². The Balaban J connectivity index is 1.76. The van der Waals surface area contributed by atoms with Gasteiger partial charge in [0.25, 0.3) is 11.1 Å². The van der Waals surface area contributed by atoms with Gasteiger partial charge in [-0.2, -0.15) is 0 Å². The van der Waals surface area contributed by atoms with E-state index in [1.165, 1.54) is 13.0 Å². The lowest BCUT2D eigenvalue weighted by atomic mass is 10.1. The van der Waals surface area contributed by atoms with E-state index in [9.17, 15) is 19.2 Å². The topological polar surface area (TPSA) is 93.9 Å². The number of rotatable bonds is 6. The first-order valence-electron chi connectivity index (χ1n) is 8.51. The molecule has 0 bridgehead atoms. The SMILES string of the molecule is CCOC(=O)CN1C(=O)SC(=Cc2ccc(-c3ccc(C(C)=O)cc3)o2)C1=O. The summed E-state index contributed by atoms with van der Waals surface area (Å²) in [5.74, 6) is -0.267. The van der Waals surface area contributed by atoms with E-state index in [2.05, 4.69) is 0 Å². The summed E-state index contributed by atoms with van der Waals surface area (Å²) in [7, 11) is 0. The number of amides is 2. The molecule has 1 saturated heterocycles. The van der Waals surface area contributed by atoms with Gasteiger partial charge in [-0.3, -0.25) is 24.1 Å². The van der Waals surface area contributed by atoms with Crippen molar-refractivity contribution in [2.45, 2.75) is 13.8 Å². The summed E-state index contributed by atoms with van der Waals surface area (Å²) < 4.78 is 10.5. The normalized spacial score (nSPS) is 15.4. The molecule has 0 atom stereocenters. The number of ketones is 1. The second-order valence-electron chi connectivity index (χ2n) is 5.91. The van der Waals surface area contributed by atoms with Crippen molar-refractivity contribution in [3.8, 4) is 11.3 Å². The molecule has 1 aliphatic rings. The fraction of sp³-hybridized carbons (Fsp3) is 0.200. The van der Waals surface area contributed by atoms with Crippen LogP contribution in [0.2, 0.25) is 0 Å². The first-order valence-corrected chi connectivity index (χ1v) is 9.33. The molecule has 28 heavy (non-hydrogen) atoms. The molecule has 0 spiro atoms. The monoisotopic (exact) mass is 399 g/mol. The Morgan fingerprint density at radius 2 is 1.86 bits per heavy atom. The highest BCUT2D eigenvalue weighted by Crippen LogP contribution is 2.33. The predicted molar refractivity (Wildman–Crippen MR) is 103 cm³/mol. The molecule has 0 unspecified atom stereocenters. The zero-order chi connectivity index (χ0) is 20.3. The zero-order valence-corrected chi connectivity index (χ0v) is 16.1. The van der Waals surface area contributed by atoms with Crippen LogP contribution in [0.4, 0.5) is 4.79 Å². The van der Waals surface area contributed by atoms with Gasteiger partial charge >= 0.3 is 5.97 Å². The summed E-state index contributed by atoms with van der Waals surface area (Å²) in [6.45, 7) is 2.90. The van der Waals surface area contributed by atoms with Crippen molar-refractivity contribution in [2.24, 2.45) is 0 Å². The van der Waals surface area contributed by atoms with E-state index < -0.39 is 23.7 Å². The molecular weight excluding hydrogens is 382 g/mol. The molecule has 144 valence electrons. The van der Waals surface area contributed by atoms with E-state index in [4.69, 9.17) is 9.15 Å². The molecule has 8 heteroatoms.